The molecular formula is C23H36BNO4Si. The average molecular weight is 429 g/mol. The van der Waals surface area contributed by atoms with Crippen molar-refractivity contribution in [3.63, 3.8) is 0 Å². The number of aromatic nitrogens is 1. The highest BCUT2D eigenvalue weighted by Crippen LogP contribution is 2.38. The summed E-state index contributed by atoms with van der Waals surface area (Å²) in [6.07, 6.45) is 6.10. The van der Waals surface area contributed by atoms with Gasteiger partial charge in [0.1, 0.15) is 11.9 Å². The van der Waals surface area contributed by atoms with Crippen molar-refractivity contribution in [1.82, 2.24) is 4.98 Å². The fraction of sp³-hybridized carbons (Fsp3) is 0.522. The minimum Gasteiger partial charge on any atom is -0.488 e. The number of rotatable bonds is 10. The van der Waals surface area contributed by atoms with Crippen molar-refractivity contribution < 1.29 is 19.2 Å². The van der Waals surface area contributed by atoms with Crippen LogP contribution in [0.4, 0.5) is 0 Å². The topological polar surface area (TPSA) is 71.8 Å². The lowest BCUT2D eigenvalue weighted by molar-refractivity contribution is 0.0369. The third-order valence-electron chi connectivity index (χ3n) is 5.98. The molecule has 0 saturated heterocycles. The standard InChI is InChI=1S/C23H36BNO4Si/c1-7-21(28-20-13-11-19(12-14-20)24(26)27)22(29-30(5,6)23(2,3)4)15-10-18-9-8-16-25-17-18/h8-9,11-14,16-17,21-22,26-27H,7,10,15H2,1-6H3/t21-,22+/m0/s1. The van der Waals surface area contributed by atoms with E-state index in [2.05, 4.69) is 51.8 Å². The molecule has 1 aromatic carbocycles. The summed E-state index contributed by atoms with van der Waals surface area (Å²) in [5.74, 6) is 0.705. The van der Waals surface area contributed by atoms with E-state index in [-0.39, 0.29) is 17.2 Å². The first kappa shape index (κ1) is 24.6. The number of benzene rings is 1. The van der Waals surface area contributed by atoms with E-state index in [4.69, 9.17) is 9.16 Å². The summed E-state index contributed by atoms with van der Waals surface area (Å²) >= 11 is 0. The summed E-state index contributed by atoms with van der Waals surface area (Å²) in [5.41, 5.74) is 1.64. The molecule has 7 heteroatoms. The molecule has 0 saturated carbocycles. The van der Waals surface area contributed by atoms with Gasteiger partial charge >= 0.3 is 7.12 Å². The molecule has 0 aliphatic rings. The van der Waals surface area contributed by atoms with Gasteiger partial charge in [0.2, 0.25) is 0 Å². The minimum absolute atomic E-state index is 0.0424. The van der Waals surface area contributed by atoms with E-state index in [1.165, 1.54) is 5.56 Å². The number of ether oxygens (including phenoxy) is 1. The molecular weight excluding hydrogens is 393 g/mol. The van der Waals surface area contributed by atoms with Crippen LogP contribution in [0, 0.1) is 0 Å². The van der Waals surface area contributed by atoms with E-state index in [1.54, 1.807) is 30.5 Å². The maximum absolute atomic E-state index is 9.31. The van der Waals surface area contributed by atoms with Crippen LogP contribution in [-0.2, 0) is 10.8 Å². The Bertz CT molecular complexity index is 763. The molecule has 0 aliphatic carbocycles. The van der Waals surface area contributed by atoms with Crippen molar-refractivity contribution in [1.29, 1.82) is 0 Å². The molecule has 2 atom stereocenters. The van der Waals surface area contributed by atoms with E-state index in [1.807, 2.05) is 12.3 Å². The largest absolute Gasteiger partial charge is 0.488 e. The summed E-state index contributed by atoms with van der Waals surface area (Å²) in [6.45, 7) is 13.4. The molecule has 164 valence electrons. The number of hydrogen-bond acceptors (Lipinski definition) is 5. The van der Waals surface area contributed by atoms with Crippen molar-refractivity contribution >= 4 is 20.9 Å². The van der Waals surface area contributed by atoms with Crippen LogP contribution in [0.15, 0.2) is 48.8 Å². The lowest BCUT2D eigenvalue weighted by Crippen LogP contribution is -2.48. The van der Waals surface area contributed by atoms with Gasteiger partial charge in [0.25, 0.3) is 0 Å². The minimum atomic E-state index is -1.99. The van der Waals surface area contributed by atoms with Crippen LogP contribution in [0.5, 0.6) is 5.75 Å². The Hall–Kier alpha value is -1.67. The average Bonchev–Trinajstić information content (AvgIpc) is 2.69. The molecule has 0 radical (unpaired) electrons. The first-order chi connectivity index (χ1) is 14.0. The predicted molar refractivity (Wildman–Crippen MR) is 126 cm³/mol. The van der Waals surface area contributed by atoms with Crippen molar-refractivity contribution in [3.8, 4) is 5.75 Å². The lowest BCUT2D eigenvalue weighted by Gasteiger charge is -2.41. The smallest absolute Gasteiger partial charge is 0.488 e. The van der Waals surface area contributed by atoms with Crippen molar-refractivity contribution in [3.05, 3.63) is 54.4 Å². The highest BCUT2D eigenvalue weighted by Gasteiger charge is 2.41. The van der Waals surface area contributed by atoms with E-state index in [0.717, 1.165) is 19.3 Å². The second-order valence-electron chi connectivity index (χ2n) is 9.32. The molecule has 2 rings (SSSR count). The zero-order valence-corrected chi connectivity index (χ0v) is 20.1. The summed E-state index contributed by atoms with van der Waals surface area (Å²) in [4.78, 5) is 4.23. The van der Waals surface area contributed by atoms with Gasteiger partial charge < -0.3 is 19.2 Å². The van der Waals surface area contributed by atoms with Gasteiger partial charge in [-0.1, -0.05) is 45.9 Å². The van der Waals surface area contributed by atoms with Gasteiger partial charge in [-0.05, 0) is 66.6 Å². The Kier molecular flexibility index (Phi) is 8.67. The Morgan fingerprint density at radius 1 is 1.07 bits per heavy atom. The van der Waals surface area contributed by atoms with Gasteiger partial charge in [-0.2, -0.15) is 0 Å². The lowest BCUT2D eigenvalue weighted by atomic mass is 9.80. The Balaban J connectivity index is 2.20. The third-order valence-corrected chi connectivity index (χ3v) is 10.5. The second-order valence-corrected chi connectivity index (χ2v) is 14.1. The monoisotopic (exact) mass is 429 g/mol. The van der Waals surface area contributed by atoms with Gasteiger partial charge in [0.05, 0.1) is 6.10 Å². The van der Waals surface area contributed by atoms with Crippen molar-refractivity contribution in [2.24, 2.45) is 0 Å². The molecule has 0 bridgehead atoms. The second kappa shape index (κ2) is 10.6. The molecule has 1 aromatic heterocycles. The van der Waals surface area contributed by atoms with Crippen LogP contribution in [0.2, 0.25) is 18.1 Å². The molecule has 0 fully saturated rings. The van der Waals surface area contributed by atoms with Crippen molar-refractivity contribution in [2.45, 2.75) is 77.3 Å². The highest BCUT2D eigenvalue weighted by molar-refractivity contribution is 6.74. The first-order valence-electron chi connectivity index (χ1n) is 10.7. The fourth-order valence-corrected chi connectivity index (χ4v) is 4.43. The summed E-state index contributed by atoms with van der Waals surface area (Å²) in [6, 6.07) is 11.0. The Morgan fingerprint density at radius 2 is 1.73 bits per heavy atom. The van der Waals surface area contributed by atoms with Gasteiger partial charge in [-0.25, -0.2) is 0 Å². The number of aryl methyl sites for hydroxylation is 1. The summed E-state index contributed by atoms with van der Waals surface area (Å²) in [5, 5.41) is 18.7. The molecule has 5 nitrogen and oxygen atoms in total. The quantitative estimate of drug-likeness (QED) is 0.560. The van der Waals surface area contributed by atoms with Crippen LogP contribution < -0.4 is 10.2 Å². The van der Waals surface area contributed by atoms with Crippen molar-refractivity contribution in [2.75, 3.05) is 0 Å². The maximum Gasteiger partial charge on any atom is 0.488 e. The van der Waals surface area contributed by atoms with Crippen LogP contribution in [0.3, 0.4) is 0 Å². The summed E-state index contributed by atoms with van der Waals surface area (Å²) in [7, 11) is -3.46. The van der Waals surface area contributed by atoms with E-state index in [0.29, 0.717) is 11.2 Å². The molecule has 0 aliphatic heterocycles. The van der Waals surface area contributed by atoms with Crippen LogP contribution in [-0.4, -0.2) is 42.7 Å². The highest BCUT2D eigenvalue weighted by atomic mass is 28.4. The summed E-state index contributed by atoms with van der Waals surface area (Å²) < 4.78 is 13.2. The molecule has 0 unspecified atom stereocenters. The molecule has 0 spiro atoms. The molecule has 2 aromatic rings. The van der Waals surface area contributed by atoms with Crippen LogP contribution in [0.1, 0.15) is 46.1 Å². The normalized spacial score (nSPS) is 14.3. The van der Waals surface area contributed by atoms with Crippen LogP contribution in [0.25, 0.3) is 0 Å². The Morgan fingerprint density at radius 3 is 2.23 bits per heavy atom. The first-order valence-corrected chi connectivity index (χ1v) is 13.6. The van der Waals surface area contributed by atoms with Gasteiger partial charge in [0, 0.05) is 12.4 Å². The molecule has 0 amide bonds. The molecule has 1 heterocycles. The number of nitrogens with zero attached hydrogens (tertiary/aromatic N) is 1. The third kappa shape index (κ3) is 6.94. The fourth-order valence-electron chi connectivity index (χ4n) is 3.05. The van der Waals surface area contributed by atoms with E-state index >= 15 is 0 Å². The zero-order chi connectivity index (χ0) is 22.4. The van der Waals surface area contributed by atoms with Gasteiger partial charge in [-0.3, -0.25) is 4.98 Å². The Labute approximate surface area is 182 Å². The number of pyridine rings is 1. The molecule has 2 N–H and O–H groups in total. The molecule has 30 heavy (non-hydrogen) atoms. The van der Waals surface area contributed by atoms with Crippen LogP contribution >= 0.6 is 0 Å². The van der Waals surface area contributed by atoms with Gasteiger partial charge in [-0.15, -0.1) is 0 Å². The zero-order valence-electron chi connectivity index (χ0n) is 19.1. The predicted octanol–water partition coefficient (Wildman–Crippen LogP) is 3.94. The number of hydrogen-bond donors (Lipinski definition) is 2. The van der Waals surface area contributed by atoms with E-state index < -0.39 is 15.4 Å². The van der Waals surface area contributed by atoms with E-state index in [9.17, 15) is 10.0 Å². The van der Waals surface area contributed by atoms with Gasteiger partial charge in [0.15, 0.2) is 8.32 Å². The maximum atomic E-state index is 9.31. The SMILES string of the molecule is CC[C@H](Oc1ccc(B(O)O)cc1)[C@@H](CCc1cccnc1)O[Si](C)(C)C(C)(C)C.